The van der Waals surface area contributed by atoms with Crippen molar-refractivity contribution < 1.29 is 4.79 Å². The number of carbonyl (C=O) groups excluding carboxylic acids is 1. The predicted octanol–water partition coefficient (Wildman–Crippen LogP) is 2.55. The van der Waals surface area contributed by atoms with Crippen molar-refractivity contribution >= 4 is 39.8 Å². The van der Waals surface area contributed by atoms with Crippen molar-refractivity contribution in [3.63, 3.8) is 0 Å². The molecule has 3 nitrogen and oxygen atoms in total. The Bertz CT molecular complexity index is 462. The summed E-state index contributed by atoms with van der Waals surface area (Å²) in [4.78, 5) is 14.4. The number of thiophene rings is 1. The number of nitrogens with zero attached hydrogens (tertiary/aromatic N) is 1. The molecule has 0 aromatic carbocycles. The summed E-state index contributed by atoms with van der Waals surface area (Å²) in [6.07, 6.45) is 3.59. The van der Waals surface area contributed by atoms with E-state index >= 15 is 0 Å². The van der Waals surface area contributed by atoms with Gasteiger partial charge < -0.3 is 10.6 Å². The van der Waals surface area contributed by atoms with Gasteiger partial charge in [0.2, 0.25) is 0 Å². The molecule has 2 aliphatic rings. The molecule has 1 aromatic heterocycles. The molecular weight excluding hydrogens is 359 g/mol. The van der Waals surface area contributed by atoms with Gasteiger partial charge in [0.05, 0.1) is 8.45 Å². The molecule has 0 radical (unpaired) electrons. The van der Waals surface area contributed by atoms with Crippen molar-refractivity contribution in [1.82, 2.24) is 4.90 Å². The molecule has 1 amide bonds. The average Bonchev–Trinajstić information content (AvgIpc) is 2.95. The van der Waals surface area contributed by atoms with E-state index in [9.17, 15) is 4.79 Å². The summed E-state index contributed by atoms with van der Waals surface area (Å²) >= 11 is 3.89. The number of likely N-dealkylation sites (tertiary alicyclic amines) is 1. The maximum atomic E-state index is 12.4. The predicted molar refractivity (Wildman–Crippen MR) is 81.7 cm³/mol. The molecule has 1 saturated heterocycles. The van der Waals surface area contributed by atoms with Gasteiger partial charge in [0.1, 0.15) is 0 Å². The van der Waals surface area contributed by atoms with E-state index in [0.717, 1.165) is 25.1 Å². The van der Waals surface area contributed by atoms with Crippen LogP contribution in [0, 0.1) is 14.7 Å². The highest BCUT2D eigenvalue weighted by molar-refractivity contribution is 14.1. The fourth-order valence-corrected chi connectivity index (χ4v) is 4.61. The van der Waals surface area contributed by atoms with Crippen LogP contribution in [0.5, 0.6) is 0 Å². The number of hydrogen-bond donors (Lipinski definition) is 1. The second-order valence-electron chi connectivity index (χ2n) is 5.37. The van der Waals surface area contributed by atoms with Crippen molar-refractivity contribution in [2.45, 2.75) is 25.3 Å². The third-order valence-corrected chi connectivity index (χ3v) is 6.04. The first kappa shape index (κ1) is 12.9. The van der Waals surface area contributed by atoms with Crippen LogP contribution in [-0.2, 0) is 0 Å². The van der Waals surface area contributed by atoms with Gasteiger partial charge >= 0.3 is 0 Å². The smallest absolute Gasteiger partial charge is 0.254 e. The number of hydrogen-bond acceptors (Lipinski definition) is 3. The van der Waals surface area contributed by atoms with Gasteiger partial charge in [0, 0.05) is 24.5 Å². The van der Waals surface area contributed by atoms with Crippen LogP contribution in [0.2, 0.25) is 0 Å². The van der Waals surface area contributed by atoms with E-state index in [1.165, 1.54) is 15.7 Å². The van der Waals surface area contributed by atoms with E-state index in [4.69, 9.17) is 5.73 Å². The molecule has 5 heteroatoms. The summed E-state index contributed by atoms with van der Waals surface area (Å²) in [7, 11) is 0. The molecule has 2 N–H and O–H groups in total. The van der Waals surface area contributed by atoms with Crippen LogP contribution in [0.4, 0.5) is 0 Å². The van der Waals surface area contributed by atoms with Crippen molar-refractivity contribution in [1.29, 1.82) is 0 Å². The topological polar surface area (TPSA) is 46.3 Å². The lowest BCUT2D eigenvalue weighted by molar-refractivity contribution is 0.0784. The summed E-state index contributed by atoms with van der Waals surface area (Å²) < 4.78 is 1.17. The van der Waals surface area contributed by atoms with Crippen LogP contribution in [0.1, 0.15) is 29.6 Å². The van der Waals surface area contributed by atoms with Crippen LogP contribution >= 0.6 is 33.9 Å². The Kier molecular flexibility index (Phi) is 3.64. The molecule has 1 saturated carbocycles. The largest absolute Gasteiger partial charge is 0.338 e. The summed E-state index contributed by atoms with van der Waals surface area (Å²) in [5.74, 6) is 1.35. The van der Waals surface area contributed by atoms with Crippen molar-refractivity contribution in [2.75, 3.05) is 13.1 Å². The molecule has 1 aliphatic carbocycles. The number of nitrogens with two attached hydrogens (primary N) is 1. The first-order valence-corrected chi connectivity index (χ1v) is 8.40. The number of amides is 1. The molecule has 3 atom stereocenters. The third kappa shape index (κ3) is 2.32. The number of halogens is 1. The fraction of sp³-hybridized carbons (Fsp3) is 0.615. The van der Waals surface area contributed by atoms with Gasteiger partial charge in [-0.3, -0.25) is 4.79 Å². The second kappa shape index (κ2) is 5.09. The van der Waals surface area contributed by atoms with Gasteiger partial charge in [-0.25, -0.2) is 0 Å². The molecule has 1 aliphatic heterocycles. The van der Waals surface area contributed by atoms with E-state index in [0.29, 0.717) is 17.9 Å². The standard InChI is InChI=1S/C13H17IN2OS/c14-12-4-9(7-18-12)13(17)16-5-8-2-1-3-11(15)10(8)6-16/h4,7-8,10-11H,1-3,5-6,15H2. The van der Waals surface area contributed by atoms with Crippen LogP contribution in [0.25, 0.3) is 0 Å². The van der Waals surface area contributed by atoms with Gasteiger partial charge in [0.25, 0.3) is 5.91 Å². The molecule has 3 unspecified atom stereocenters. The number of carbonyl (C=O) groups is 1. The van der Waals surface area contributed by atoms with E-state index < -0.39 is 0 Å². The first-order chi connectivity index (χ1) is 8.65. The van der Waals surface area contributed by atoms with Crippen molar-refractivity contribution in [3.05, 3.63) is 19.9 Å². The summed E-state index contributed by atoms with van der Waals surface area (Å²) in [6, 6.07) is 2.28. The summed E-state index contributed by atoms with van der Waals surface area (Å²) in [5.41, 5.74) is 7.03. The Morgan fingerprint density at radius 3 is 2.94 bits per heavy atom. The zero-order chi connectivity index (χ0) is 12.7. The normalized spacial score (nSPS) is 31.4. The molecule has 18 heavy (non-hydrogen) atoms. The number of fused-ring (bicyclic) bond motifs is 1. The van der Waals surface area contributed by atoms with Crippen molar-refractivity contribution in [2.24, 2.45) is 17.6 Å². The van der Waals surface area contributed by atoms with Crippen molar-refractivity contribution in [3.8, 4) is 0 Å². The Labute approximate surface area is 125 Å². The van der Waals surface area contributed by atoms with Gasteiger partial charge in [-0.05, 0) is 53.3 Å². The van der Waals surface area contributed by atoms with E-state index in [1.54, 1.807) is 11.3 Å². The van der Waals surface area contributed by atoms with E-state index in [1.807, 2.05) is 16.3 Å². The fourth-order valence-electron chi connectivity index (χ4n) is 3.29. The van der Waals surface area contributed by atoms with Crippen LogP contribution in [0.15, 0.2) is 11.4 Å². The molecule has 0 spiro atoms. The zero-order valence-electron chi connectivity index (χ0n) is 10.1. The minimum Gasteiger partial charge on any atom is -0.338 e. The highest BCUT2D eigenvalue weighted by Crippen LogP contribution is 2.36. The van der Waals surface area contributed by atoms with Crippen LogP contribution in [0.3, 0.4) is 0 Å². The Morgan fingerprint density at radius 1 is 1.44 bits per heavy atom. The monoisotopic (exact) mass is 376 g/mol. The molecule has 98 valence electrons. The molecule has 1 aromatic rings. The quantitative estimate of drug-likeness (QED) is 0.766. The highest BCUT2D eigenvalue weighted by Gasteiger charge is 2.40. The molecular formula is C13H17IN2OS. The molecule has 2 heterocycles. The SMILES string of the molecule is NC1CCCC2CN(C(=O)c3csc(I)c3)CC12. The third-order valence-electron chi connectivity index (χ3n) is 4.26. The second-order valence-corrected chi connectivity index (χ2v) is 8.17. The lowest BCUT2D eigenvalue weighted by Crippen LogP contribution is -2.38. The summed E-state index contributed by atoms with van der Waals surface area (Å²) in [5, 5.41) is 1.96. The van der Waals surface area contributed by atoms with Crippen LogP contribution in [-0.4, -0.2) is 29.9 Å². The maximum Gasteiger partial charge on any atom is 0.254 e. The van der Waals surface area contributed by atoms with Gasteiger partial charge in [-0.15, -0.1) is 11.3 Å². The molecule has 0 bridgehead atoms. The van der Waals surface area contributed by atoms with E-state index in [-0.39, 0.29) is 5.91 Å². The van der Waals surface area contributed by atoms with Gasteiger partial charge in [-0.1, -0.05) is 6.42 Å². The lowest BCUT2D eigenvalue weighted by atomic mass is 9.78. The van der Waals surface area contributed by atoms with E-state index in [2.05, 4.69) is 22.6 Å². The Hall–Kier alpha value is -0.140. The summed E-state index contributed by atoms with van der Waals surface area (Å²) in [6.45, 7) is 1.76. The van der Waals surface area contributed by atoms with Gasteiger partial charge in [-0.2, -0.15) is 0 Å². The minimum atomic E-state index is 0.191. The zero-order valence-corrected chi connectivity index (χ0v) is 13.1. The van der Waals surface area contributed by atoms with Gasteiger partial charge in [0.15, 0.2) is 0 Å². The Morgan fingerprint density at radius 2 is 2.28 bits per heavy atom. The minimum absolute atomic E-state index is 0.191. The average molecular weight is 376 g/mol. The Balaban J connectivity index is 1.73. The van der Waals surface area contributed by atoms with Crippen LogP contribution < -0.4 is 5.73 Å². The number of rotatable bonds is 1. The lowest BCUT2D eigenvalue weighted by Gasteiger charge is -2.29. The highest BCUT2D eigenvalue weighted by atomic mass is 127. The maximum absolute atomic E-state index is 12.4. The first-order valence-electron chi connectivity index (χ1n) is 6.44. The molecule has 3 rings (SSSR count). The molecule has 2 fully saturated rings.